The molecule has 0 aromatic heterocycles. The Morgan fingerprint density at radius 2 is 1.59 bits per heavy atom. The molecule has 2 heterocycles. The third-order valence-electron chi connectivity index (χ3n) is 6.76. The average molecular weight is 437 g/mol. The first-order valence-electron chi connectivity index (χ1n) is 11.8. The van der Waals surface area contributed by atoms with Gasteiger partial charge in [0.1, 0.15) is 5.75 Å². The smallest absolute Gasteiger partial charge is 0.318 e. The van der Waals surface area contributed by atoms with Gasteiger partial charge in [-0.25, -0.2) is 4.79 Å². The minimum absolute atomic E-state index is 0.0842. The number of carbonyl (C=O) groups is 1. The molecule has 2 fully saturated rings. The quantitative estimate of drug-likeness (QED) is 0.771. The molecule has 0 aliphatic carbocycles. The standard InChI is InChI=1S/C26H36N4O2/c1-20-17-29(24-9-11-25(32-3)12-10-24)18-21(2)30(20)26(31)27-23-13-15-28(16-14-23)19-22-7-5-4-6-8-22/h4-12,20-21,23H,13-19H2,1-3H3,(H,27,31)/t20-,21+. The number of ether oxygens (including phenoxy) is 1. The van der Waals surface area contributed by atoms with Crippen molar-refractivity contribution >= 4 is 11.7 Å². The van der Waals surface area contributed by atoms with Gasteiger partial charge in [0.05, 0.1) is 7.11 Å². The molecule has 2 aliphatic heterocycles. The van der Waals surface area contributed by atoms with Crippen LogP contribution < -0.4 is 15.0 Å². The largest absolute Gasteiger partial charge is 0.497 e. The van der Waals surface area contributed by atoms with Gasteiger partial charge in [-0.05, 0) is 56.5 Å². The van der Waals surface area contributed by atoms with Gasteiger partial charge in [-0.3, -0.25) is 4.90 Å². The van der Waals surface area contributed by atoms with Gasteiger partial charge in [0.15, 0.2) is 0 Å². The molecule has 0 unspecified atom stereocenters. The van der Waals surface area contributed by atoms with Crippen molar-refractivity contribution in [2.24, 2.45) is 0 Å². The van der Waals surface area contributed by atoms with Crippen molar-refractivity contribution < 1.29 is 9.53 Å². The third kappa shape index (κ3) is 5.36. The van der Waals surface area contributed by atoms with Gasteiger partial charge in [0, 0.05) is 56.5 Å². The van der Waals surface area contributed by atoms with Crippen LogP contribution in [0.5, 0.6) is 5.75 Å². The number of methoxy groups -OCH3 is 1. The van der Waals surface area contributed by atoms with Gasteiger partial charge >= 0.3 is 6.03 Å². The second kappa shape index (κ2) is 10.3. The summed E-state index contributed by atoms with van der Waals surface area (Å²) in [5.74, 6) is 0.864. The normalized spacial score (nSPS) is 22.6. The van der Waals surface area contributed by atoms with Crippen LogP contribution in [0.1, 0.15) is 32.3 Å². The molecular weight excluding hydrogens is 400 g/mol. The van der Waals surface area contributed by atoms with Crippen LogP contribution in [0.2, 0.25) is 0 Å². The summed E-state index contributed by atoms with van der Waals surface area (Å²) in [4.78, 5) is 20.0. The lowest BCUT2D eigenvalue weighted by Gasteiger charge is -2.46. The van der Waals surface area contributed by atoms with E-state index < -0.39 is 0 Å². The van der Waals surface area contributed by atoms with Gasteiger partial charge in [-0.15, -0.1) is 0 Å². The summed E-state index contributed by atoms with van der Waals surface area (Å²) in [6, 6.07) is 19.4. The molecule has 2 atom stereocenters. The zero-order valence-electron chi connectivity index (χ0n) is 19.5. The molecule has 2 saturated heterocycles. The minimum atomic E-state index is 0.0842. The van der Waals surface area contributed by atoms with Crippen LogP contribution in [0.25, 0.3) is 0 Å². The van der Waals surface area contributed by atoms with Crippen molar-refractivity contribution in [3.8, 4) is 5.75 Å². The number of benzene rings is 2. The molecule has 172 valence electrons. The van der Waals surface area contributed by atoms with E-state index in [-0.39, 0.29) is 24.2 Å². The summed E-state index contributed by atoms with van der Waals surface area (Å²) in [6.07, 6.45) is 2.01. The Bertz CT molecular complexity index is 853. The Labute approximate surface area is 192 Å². The number of hydrogen-bond donors (Lipinski definition) is 1. The molecule has 6 nitrogen and oxygen atoms in total. The van der Waals surface area contributed by atoms with E-state index in [2.05, 4.69) is 71.4 Å². The van der Waals surface area contributed by atoms with E-state index in [1.165, 1.54) is 11.3 Å². The predicted molar refractivity (Wildman–Crippen MR) is 129 cm³/mol. The molecular formula is C26H36N4O2. The number of amides is 2. The van der Waals surface area contributed by atoms with E-state index in [4.69, 9.17) is 4.74 Å². The topological polar surface area (TPSA) is 48.1 Å². The Hall–Kier alpha value is -2.73. The van der Waals surface area contributed by atoms with Crippen molar-refractivity contribution in [2.75, 3.05) is 38.2 Å². The maximum absolute atomic E-state index is 13.2. The minimum Gasteiger partial charge on any atom is -0.497 e. The first-order valence-corrected chi connectivity index (χ1v) is 11.8. The lowest BCUT2D eigenvalue weighted by Crippen LogP contribution is -2.62. The summed E-state index contributed by atoms with van der Waals surface area (Å²) >= 11 is 0. The second-order valence-corrected chi connectivity index (χ2v) is 9.19. The van der Waals surface area contributed by atoms with Crippen LogP contribution >= 0.6 is 0 Å². The Morgan fingerprint density at radius 3 is 2.19 bits per heavy atom. The second-order valence-electron chi connectivity index (χ2n) is 9.19. The molecule has 1 N–H and O–H groups in total. The number of nitrogens with one attached hydrogen (secondary N) is 1. The summed E-state index contributed by atoms with van der Waals surface area (Å²) < 4.78 is 5.27. The molecule has 0 saturated carbocycles. The number of likely N-dealkylation sites (tertiary alicyclic amines) is 1. The van der Waals surface area contributed by atoms with Crippen molar-refractivity contribution in [1.82, 2.24) is 15.1 Å². The molecule has 2 aromatic rings. The summed E-state index contributed by atoms with van der Waals surface area (Å²) in [6.45, 7) is 9.00. The van der Waals surface area contributed by atoms with Gasteiger partial charge in [-0.2, -0.15) is 0 Å². The number of urea groups is 1. The Kier molecular flexibility index (Phi) is 7.20. The molecule has 4 rings (SSSR count). The van der Waals surface area contributed by atoms with Crippen LogP contribution in [0.3, 0.4) is 0 Å². The van der Waals surface area contributed by atoms with Crippen molar-refractivity contribution in [3.63, 3.8) is 0 Å². The Balaban J connectivity index is 1.27. The molecule has 2 aromatic carbocycles. The molecule has 32 heavy (non-hydrogen) atoms. The Morgan fingerprint density at radius 1 is 0.969 bits per heavy atom. The van der Waals surface area contributed by atoms with E-state index in [9.17, 15) is 4.79 Å². The van der Waals surface area contributed by atoms with Crippen LogP contribution in [0.15, 0.2) is 54.6 Å². The summed E-state index contributed by atoms with van der Waals surface area (Å²) in [5, 5.41) is 3.33. The highest BCUT2D eigenvalue weighted by atomic mass is 16.5. The fourth-order valence-electron chi connectivity index (χ4n) is 5.05. The predicted octanol–water partition coefficient (Wildman–Crippen LogP) is 3.97. The number of piperazine rings is 1. The van der Waals surface area contributed by atoms with Crippen LogP contribution in [0.4, 0.5) is 10.5 Å². The number of carbonyl (C=O) groups excluding carboxylic acids is 1. The van der Waals surface area contributed by atoms with Gasteiger partial charge < -0.3 is 19.9 Å². The number of anilines is 1. The fourth-order valence-corrected chi connectivity index (χ4v) is 5.05. The highest BCUT2D eigenvalue weighted by Crippen LogP contribution is 2.25. The zero-order valence-corrected chi connectivity index (χ0v) is 19.5. The maximum Gasteiger partial charge on any atom is 0.318 e. The van der Waals surface area contributed by atoms with Crippen LogP contribution in [0, 0.1) is 0 Å². The van der Waals surface area contributed by atoms with E-state index in [1.807, 2.05) is 17.0 Å². The van der Waals surface area contributed by atoms with Gasteiger partial charge in [0.2, 0.25) is 0 Å². The molecule has 0 spiro atoms. The number of nitrogens with zero attached hydrogens (tertiary/aromatic N) is 3. The van der Waals surface area contributed by atoms with E-state index in [1.54, 1.807) is 7.11 Å². The average Bonchev–Trinajstić information content (AvgIpc) is 2.80. The maximum atomic E-state index is 13.2. The van der Waals surface area contributed by atoms with E-state index >= 15 is 0 Å². The highest BCUT2D eigenvalue weighted by Gasteiger charge is 2.34. The number of piperidine rings is 1. The van der Waals surface area contributed by atoms with E-state index in [0.29, 0.717) is 0 Å². The van der Waals surface area contributed by atoms with Crippen LogP contribution in [-0.2, 0) is 6.54 Å². The van der Waals surface area contributed by atoms with Crippen molar-refractivity contribution in [3.05, 3.63) is 60.2 Å². The van der Waals surface area contributed by atoms with E-state index in [0.717, 1.165) is 51.3 Å². The van der Waals surface area contributed by atoms with Crippen molar-refractivity contribution in [2.45, 2.75) is 51.4 Å². The molecule has 0 radical (unpaired) electrons. The SMILES string of the molecule is COc1ccc(N2C[C@@H](C)N(C(=O)NC3CCN(Cc4ccccc4)CC3)[C@@H](C)C2)cc1. The monoisotopic (exact) mass is 436 g/mol. The zero-order chi connectivity index (χ0) is 22.5. The highest BCUT2D eigenvalue weighted by molar-refractivity contribution is 5.76. The summed E-state index contributed by atoms with van der Waals surface area (Å²) in [5.41, 5.74) is 2.53. The van der Waals surface area contributed by atoms with Crippen LogP contribution in [-0.4, -0.2) is 67.2 Å². The fraction of sp³-hybridized carbons (Fsp3) is 0.500. The summed E-state index contributed by atoms with van der Waals surface area (Å²) in [7, 11) is 1.68. The lowest BCUT2D eigenvalue weighted by molar-refractivity contribution is 0.130. The number of hydrogen-bond acceptors (Lipinski definition) is 4. The first kappa shape index (κ1) is 22.5. The molecule has 2 amide bonds. The lowest BCUT2D eigenvalue weighted by atomic mass is 10.0. The van der Waals surface area contributed by atoms with Gasteiger partial charge in [-0.1, -0.05) is 30.3 Å². The third-order valence-corrected chi connectivity index (χ3v) is 6.76. The molecule has 6 heteroatoms. The molecule has 0 bridgehead atoms. The van der Waals surface area contributed by atoms with Gasteiger partial charge in [0.25, 0.3) is 0 Å². The first-order chi connectivity index (χ1) is 15.5. The van der Waals surface area contributed by atoms with Crippen molar-refractivity contribution in [1.29, 1.82) is 0 Å². The molecule has 2 aliphatic rings. The number of rotatable bonds is 5.